The van der Waals surface area contributed by atoms with E-state index >= 15 is 0 Å². The average molecular weight is 272 g/mol. The number of rotatable bonds is 7. The van der Waals surface area contributed by atoms with Gasteiger partial charge in [-0.1, -0.05) is 11.6 Å². The first-order chi connectivity index (χ1) is 8.63. The number of ether oxygens (including phenoxy) is 1. The highest BCUT2D eigenvalue weighted by atomic mass is 35.5. The van der Waals surface area contributed by atoms with Gasteiger partial charge in [0.05, 0.1) is 12.2 Å². The van der Waals surface area contributed by atoms with Gasteiger partial charge in [-0.2, -0.15) is 0 Å². The van der Waals surface area contributed by atoms with Crippen LogP contribution < -0.4 is 5.32 Å². The number of nitrogens with one attached hydrogen (secondary N) is 1. The maximum atomic E-state index is 11.7. The smallest absolute Gasteiger partial charge is 0.252 e. The molecule has 0 aliphatic rings. The topological polar surface area (TPSA) is 54.5 Å². The van der Waals surface area contributed by atoms with E-state index < -0.39 is 0 Å². The molecule has 1 aromatic heterocycles. The van der Waals surface area contributed by atoms with Crippen LogP contribution in [0.15, 0.2) is 18.3 Å². The Labute approximate surface area is 112 Å². The highest BCUT2D eigenvalue weighted by Crippen LogP contribution is 2.04. The Hall–Kier alpha value is -1.17. The molecule has 0 saturated carbocycles. The summed E-state index contributed by atoms with van der Waals surface area (Å²) in [5.74, 6) is -0.140. The van der Waals surface area contributed by atoms with Crippen LogP contribution in [0.2, 0.25) is 5.15 Å². The van der Waals surface area contributed by atoms with Crippen LogP contribution in [-0.2, 0) is 4.74 Å². The predicted octanol–water partition coefficient (Wildman–Crippen LogP) is 1.04. The third-order valence-corrected chi connectivity index (χ3v) is 2.67. The maximum absolute atomic E-state index is 11.7. The number of hydrogen-bond donors (Lipinski definition) is 1. The third kappa shape index (κ3) is 5.44. The minimum absolute atomic E-state index is 0.140. The Morgan fingerprint density at radius 3 is 2.89 bits per heavy atom. The second-order valence-corrected chi connectivity index (χ2v) is 4.31. The summed E-state index contributed by atoms with van der Waals surface area (Å²) < 4.78 is 4.97. The summed E-state index contributed by atoms with van der Waals surface area (Å²) in [5, 5.41) is 3.20. The van der Waals surface area contributed by atoms with E-state index in [0.717, 1.165) is 13.1 Å². The van der Waals surface area contributed by atoms with E-state index in [9.17, 15) is 4.79 Å². The normalized spacial score (nSPS) is 10.7. The van der Waals surface area contributed by atoms with Gasteiger partial charge >= 0.3 is 0 Å². The Balaban J connectivity index is 2.27. The van der Waals surface area contributed by atoms with Crippen LogP contribution in [0.4, 0.5) is 0 Å². The fourth-order valence-corrected chi connectivity index (χ4v) is 1.44. The number of aromatic nitrogens is 1. The van der Waals surface area contributed by atoms with E-state index in [0.29, 0.717) is 23.9 Å². The lowest BCUT2D eigenvalue weighted by molar-refractivity contribution is 0.0947. The molecule has 100 valence electrons. The zero-order valence-corrected chi connectivity index (χ0v) is 11.4. The van der Waals surface area contributed by atoms with E-state index in [1.54, 1.807) is 19.2 Å². The molecule has 0 radical (unpaired) electrons. The van der Waals surface area contributed by atoms with Crippen molar-refractivity contribution in [1.29, 1.82) is 0 Å². The first-order valence-electron chi connectivity index (χ1n) is 5.70. The van der Waals surface area contributed by atoms with Gasteiger partial charge in [0.1, 0.15) is 5.15 Å². The van der Waals surface area contributed by atoms with E-state index in [1.165, 1.54) is 6.20 Å². The quantitative estimate of drug-likeness (QED) is 0.753. The van der Waals surface area contributed by atoms with Crippen LogP contribution in [0.25, 0.3) is 0 Å². The van der Waals surface area contributed by atoms with Gasteiger partial charge in [0.15, 0.2) is 0 Å². The van der Waals surface area contributed by atoms with Gasteiger partial charge in [-0.15, -0.1) is 0 Å². The van der Waals surface area contributed by atoms with Crippen LogP contribution in [0.1, 0.15) is 10.4 Å². The number of nitrogens with zero attached hydrogens (tertiary/aromatic N) is 2. The average Bonchev–Trinajstić information content (AvgIpc) is 2.37. The van der Waals surface area contributed by atoms with Crippen molar-refractivity contribution in [1.82, 2.24) is 15.2 Å². The van der Waals surface area contributed by atoms with Crippen LogP contribution >= 0.6 is 11.6 Å². The van der Waals surface area contributed by atoms with E-state index in [1.807, 2.05) is 7.05 Å². The number of methoxy groups -OCH3 is 1. The Morgan fingerprint density at radius 2 is 2.28 bits per heavy atom. The molecule has 1 heterocycles. The van der Waals surface area contributed by atoms with Gasteiger partial charge in [0.25, 0.3) is 5.91 Å². The second kappa shape index (κ2) is 8.02. The molecule has 1 N–H and O–H groups in total. The summed E-state index contributed by atoms with van der Waals surface area (Å²) in [7, 11) is 3.65. The molecule has 0 bridgehead atoms. The molecule has 0 atom stereocenters. The zero-order valence-electron chi connectivity index (χ0n) is 10.6. The van der Waals surface area contributed by atoms with Crippen molar-refractivity contribution >= 4 is 17.5 Å². The lowest BCUT2D eigenvalue weighted by Gasteiger charge is -2.16. The Bertz CT molecular complexity index is 370. The first kappa shape index (κ1) is 14.9. The van der Waals surface area contributed by atoms with Crippen molar-refractivity contribution in [2.75, 3.05) is 40.4 Å². The molecule has 6 heteroatoms. The molecule has 0 unspecified atom stereocenters. The van der Waals surface area contributed by atoms with Crippen LogP contribution in [-0.4, -0.2) is 56.2 Å². The van der Waals surface area contributed by atoms with Crippen LogP contribution in [0.3, 0.4) is 0 Å². The van der Waals surface area contributed by atoms with Crippen molar-refractivity contribution in [3.8, 4) is 0 Å². The fourth-order valence-electron chi connectivity index (χ4n) is 1.33. The summed E-state index contributed by atoms with van der Waals surface area (Å²) in [6.07, 6.45) is 1.46. The number of pyridine rings is 1. The molecule has 1 aromatic rings. The summed E-state index contributed by atoms with van der Waals surface area (Å²) in [5.41, 5.74) is 0.513. The predicted molar refractivity (Wildman–Crippen MR) is 71.0 cm³/mol. The number of amides is 1. The zero-order chi connectivity index (χ0) is 13.4. The van der Waals surface area contributed by atoms with E-state index in [2.05, 4.69) is 15.2 Å². The van der Waals surface area contributed by atoms with Crippen molar-refractivity contribution < 1.29 is 9.53 Å². The molecule has 0 aliphatic heterocycles. The number of likely N-dealkylation sites (N-methyl/N-ethyl adjacent to an activating group) is 1. The number of carbonyl (C=O) groups excluding carboxylic acids is 1. The molecular weight excluding hydrogens is 254 g/mol. The van der Waals surface area contributed by atoms with Gasteiger partial charge in [0, 0.05) is 32.9 Å². The molecule has 1 amide bonds. The maximum Gasteiger partial charge on any atom is 0.252 e. The molecule has 18 heavy (non-hydrogen) atoms. The number of carbonyl (C=O) groups is 1. The molecule has 0 spiro atoms. The second-order valence-electron chi connectivity index (χ2n) is 3.92. The highest BCUT2D eigenvalue weighted by molar-refractivity contribution is 6.29. The van der Waals surface area contributed by atoms with Crippen LogP contribution in [0, 0.1) is 0 Å². The molecule has 0 aliphatic carbocycles. The van der Waals surface area contributed by atoms with E-state index in [4.69, 9.17) is 16.3 Å². The SMILES string of the molecule is COCCN(C)CCNC(=O)c1ccc(Cl)nc1. The van der Waals surface area contributed by atoms with Gasteiger partial charge in [-0.05, 0) is 19.2 Å². The largest absolute Gasteiger partial charge is 0.383 e. The summed E-state index contributed by atoms with van der Waals surface area (Å²) in [6, 6.07) is 3.25. The van der Waals surface area contributed by atoms with Crippen molar-refractivity contribution in [3.05, 3.63) is 29.0 Å². The summed E-state index contributed by atoms with van der Waals surface area (Å²) in [6.45, 7) is 2.89. The molecule has 0 aromatic carbocycles. The molecule has 0 saturated heterocycles. The van der Waals surface area contributed by atoms with Crippen molar-refractivity contribution in [2.24, 2.45) is 0 Å². The molecule has 1 rings (SSSR count). The molecule has 5 nitrogen and oxygen atoms in total. The van der Waals surface area contributed by atoms with Gasteiger partial charge in [-0.3, -0.25) is 4.79 Å². The summed E-state index contributed by atoms with van der Waals surface area (Å²) >= 11 is 5.65. The lowest BCUT2D eigenvalue weighted by atomic mass is 10.3. The first-order valence-corrected chi connectivity index (χ1v) is 6.08. The summed E-state index contributed by atoms with van der Waals surface area (Å²) in [4.78, 5) is 17.7. The van der Waals surface area contributed by atoms with Gasteiger partial charge in [0.2, 0.25) is 0 Å². The van der Waals surface area contributed by atoms with Crippen LogP contribution in [0.5, 0.6) is 0 Å². The minimum atomic E-state index is -0.140. The van der Waals surface area contributed by atoms with Gasteiger partial charge in [-0.25, -0.2) is 4.98 Å². The standard InChI is InChI=1S/C12H18ClN3O2/c1-16(7-8-18-2)6-5-14-12(17)10-3-4-11(13)15-9-10/h3-4,9H,5-8H2,1-2H3,(H,14,17). The monoisotopic (exact) mass is 271 g/mol. The lowest BCUT2D eigenvalue weighted by Crippen LogP contribution is -2.34. The van der Waals surface area contributed by atoms with Crippen molar-refractivity contribution in [2.45, 2.75) is 0 Å². The Morgan fingerprint density at radius 1 is 1.50 bits per heavy atom. The fraction of sp³-hybridized carbons (Fsp3) is 0.500. The van der Waals surface area contributed by atoms with Gasteiger partial charge < -0.3 is 15.0 Å². The van der Waals surface area contributed by atoms with E-state index in [-0.39, 0.29) is 5.91 Å². The molecular formula is C12H18ClN3O2. The molecule has 0 fully saturated rings. The third-order valence-electron chi connectivity index (χ3n) is 2.45. The number of halogens is 1. The minimum Gasteiger partial charge on any atom is -0.383 e. The highest BCUT2D eigenvalue weighted by Gasteiger charge is 2.05. The number of hydrogen-bond acceptors (Lipinski definition) is 4. The van der Waals surface area contributed by atoms with Crippen molar-refractivity contribution in [3.63, 3.8) is 0 Å². The Kier molecular flexibility index (Phi) is 6.64.